The predicted octanol–water partition coefficient (Wildman–Crippen LogP) is -0.799. The fourth-order valence-corrected chi connectivity index (χ4v) is 0.970. The van der Waals surface area contributed by atoms with Crippen molar-refractivity contribution in [2.45, 2.75) is 18.6 Å². The lowest BCUT2D eigenvalue weighted by molar-refractivity contribution is -0.151. The second-order valence-electron chi connectivity index (χ2n) is 3.69. The van der Waals surface area contributed by atoms with Gasteiger partial charge in [0.1, 0.15) is 6.61 Å². The Labute approximate surface area is 94.5 Å². The van der Waals surface area contributed by atoms with Crippen LogP contribution in [0.3, 0.4) is 0 Å². The number of thiol groups is 1. The van der Waals surface area contributed by atoms with E-state index in [-0.39, 0.29) is 18.3 Å². The van der Waals surface area contributed by atoms with Crippen LogP contribution in [0.25, 0.3) is 0 Å². The third kappa shape index (κ3) is 5.36. The highest BCUT2D eigenvalue weighted by Gasteiger charge is 2.30. The Bertz CT molecular complexity index is 183. The van der Waals surface area contributed by atoms with E-state index in [1.165, 1.54) is 0 Å². The summed E-state index contributed by atoms with van der Waals surface area (Å²) in [6.07, 6.45) is 0.154. The summed E-state index contributed by atoms with van der Waals surface area (Å²) in [7, 11) is 0. The van der Waals surface area contributed by atoms with Crippen molar-refractivity contribution in [2.75, 3.05) is 26.4 Å². The molecular formula is C9H18O5S. The van der Waals surface area contributed by atoms with Gasteiger partial charge < -0.3 is 20.1 Å². The minimum atomic E-state index is -1.16. The van der Waals surface area contributed by atoms with E-state index in [4.69, 9.17) is 20.1 Å². The Morgan fingerprint density at radius 3 is 2.13 bits per heavy atom. The number of rotatable bonds is 7. The summed E-state index contributed by atoms with van der Waals surface area (Å²) in [4.78, 5) is 11.1. The SMILES string of the molecule is CC(S)CC(=O)OCC(CO)(CO)CO. The third-order valence-corrected chi connectivity index (χ3v) is 2.19. The maximum Gasteiger partial charge on any atom is 0.306 e. The molecule has 5 nitrogen and oxygen atoms in total. The molecule has 90 valence electrons. The number of carbonyl (C=O) groups excluding carboxylic acids is 1. The zero-order chi connectivity index (χ0) is 11.9. The van der Waals surface area contributed by atoms with E-state index >= 15 is 0 Å². The van der Waals surface area contributed by atoms with Crippen LogP contribution in [0.2, 0.25) is 0 Å². The van der Waals surface area contributed by atoms with E-state index in [1.54, 1.807) is 6.92 Å². The Morgan fingerprint density at radius 1 is 1.33 bits per heavy atom. The van der Waals surface area contributed by atoms with Gasteiger partial charge >= 0.3 is 5.97 Å². The normalized spacial score (nSPS) is 13.7. The van der Waals surface area contributed by atoms with Crippen molar-refractivity contribution < 1.29 is 24.9 Å². The number of aliphatic hydroxyl groups is 3. The van der Waals surface area contributed by atoms with Crippen LogP contribution in [0.1, 0.15) is 13.3 Å². The first-order valence-corrected chi connectivity index (χ1v) is 5.17. The molecule has 0 aromatic rings. The molecule has 6 heteroatoms. The molecule has 15 heavy (non-hydrogen) atoms. The molecule has 1 atom stereocenters. The second kappa shape index (κ2) is 7.05. The molecule has 0 bridgehead atoms. The minimum absolute atomic E-state index is 0.107. The summed E-state index contributed by atoms with van der Waals surface area (Å²) in [5, 5.41) is 26.7. The summed E-state index contributed by atoms with van der Waals surface area (Å²) in [6.45, 7) is 0.231. The summed E-state index contributed by atoms with van der Waals surface area (Å²) in [5.41, 5.74) is -1.16. The van der Waals surface area contributed by atoms with Gasteiger partial charge in [-0.2, -0.15) is 12.6 Å². The smallest absolute Gasteiger partial charge is 0.306 e. The minimum Gasteiger partial charge on any atom is -0.465 e. The molecule has 3 N–H and O–H groups in total. The molecular weight excluding hydrogens is 220 g/mol. The predicted molar refractivity (Wildman–Crippen MR) is 57.7 cm³/mol. The second-order valence-corrected chi connectivity index (χ2v) is 4.57. The standard InChI is InChI=1S/C9H18O5S/c1-7(15)2-8(13)14-6-9(3-10,4-11)5-12/h7,10-12,15H,2-6H2,1H3. The molecule has 0 spiro atoms. The van der Waals surface area contributed by atoms with Crippen molar-refractivity contribution >= 4 is 18.6 Å². The summed E-state index contributed by atoms with van der Waals surface area (Å²) in [6, 6.07) is 0. The number of hydrogen-bond donors (Lipinski definition) is 4. The van der Waals surface area contributed by atoms with Gasteiger partial charge in [-0.3, -0.25) is 4.79 Å². The molecule has 0 aliphatic carbocycles. The Kier molecular flexibility index (Phi) is 6.91. The van der Waals surface area contributed by atoms with Gasteiger partial charge in [0.2, 0.25) is 0 Å². The van der Waals surface area contributed by atoms with Crippen molar-refractivity contribution in [3.8, 4) is 0 Å². The number of esters is 1. The highest BCUT2D eigenvalue weighted by molar-refractivity contribution is 7.80. The lowest BCUT2D eigenvalue weighted by atomic mass is 9.93. The Hall–Kier alpha value is -0.300. The highest BCUT2D eigenvalue weighted by atomic mass is 32.1. The first-order chi connectivity index (χ1) is 6.99. The van der Waals surface area contributed by atoms with Crippen LogP contribution >= 0.6 is 12.6 Å². The van der Waals surface area contributed by atoms with E-state index < -0.39 is 31.2 Å². The number of aliphatic hydroxyl groups excluding tert-OH is 3. The molecule has 0 heterocycles. The van der Waals surface area contributed by atoms with Gasteiger partial charge in [-0.25, -0.2) is 0 Å². The molecule has 0 aliphatic heterocycles. The fraction of sp³-hybridized carbons (Fsp3) is 0.889. The summed E-state index contributed by atoms with van der Waals surface area (Å²) < 4.78 is 4.82. The van der Waals surface area contributed by atoms with Crippen molar-refractivity contribution in [1.82, 2.24) is 0 Å². The summed E-state index contributed by atoms with van der Waals surface area (Å²) in [5.74, 6) is -0.461. The molecule has 0 radical (unpaired) electrons. The number of ether oxygens (including phenoxy) is 1. The Balaban J connectivity index is 4.05. The molecule has 0 aromatic heterocycles. The molecule has 0 amide bonds. The quantitative estimate of drug-likeness (QED) is 0.345. The van der Waals surface area contributed by atoms with Crippen LogP contribution in [-0.2, 0) is 9.53 Å². The molecule has 0 aliphatic rings. The van der Waals surface area contributed by atoms with Gasteiger partial charge in [-0.1, -0.05) is 6.92 Å². The van der Waals surface area contributed by atoms with Crippen LogP contribution in [0, 0.1) is 5.41 Å². The fourth-order valence-electron chi connectivity index (χ4n) is 0.821. The zero-order valence-corrected chi connectivity index (χ0v) is 9.61. The average molecular weight is 238 g/mol. The van der Waals surface area contributed by atoms with Crippen LogP contribution < -0.4 is 0 Å². The molecule has 0 fully saturated rings. The largest absolute Gasteiger partial charge is 0.465 e. The third-order valence-electron chi connectivity index (χ3n) is 2.01. The van der Waals surface area contributed by atoms with Crippen LogP contribution in [-0.4, -0.2) is 53.0 Å². The van der Waals surface area contributed by atoms with E-state index in [0.29, 0.717) is 0 Å². The van der Waals surface area contributed by atoms with E-state index in [0.717, 1.165) is 0 Å². The van der Waals surface area contributed by atoms with E-state index in [1.807, 2.05) is 0 Å². The van der Waals surface area contributed by atoms with Crippen molar-refractivity contribution in [3.05, 3.63) is 0 Å². The van der Waals surface area contributed by atoms with Gasteiger partial charge in [-0.05, 0) is 0 Å². The zero-order valence-electron chi connectivity index (χ0n) is 8.72. The van der Waals surface area contributed by atoms with Crippen LogP contribution in [0.4, 0.5) is 0 Å². The molecule has 0 aromatic carbocycles. The first-order valence-electron chi connectivity index (χ1n) is 4.66. The van der Waals surface area contributed by atoms with Gasteiger partial charge in [0.15, 0.2) is 0 Å². The monoisotopic (exact) mass is 238 g/mol. The van der Waals surface area contributed by atoms with Crippen molar-refractivity contribution in [2.24, 2.45) is 5.41 Å². The maximum atomic E-state index is 11.1. The molecule has 0 saturated carbocycles. The molecule has 0 saturated heterocycles. The highest BCUT2D eigenvalue weighted by Crippen LogP contribution is 2.15. The van der Waals surface area contributed by atoms with Gasteiger partial charge in [0, 0.05) is 5.25 Å². The van der Waals surface area contributed by atoms with Gasteiger partial charge in [0.05, 0.1) is 31.7 Å². The number of carbonyl (C=O) groups is 1. The van der Waals surface area contributed by atoms with Crippen molar-refractivity contribution in [1.29, 1.82) is 0 Å². The lowest BCUT2D eigenvalue weighted by Gasteiger charge is -2.26. The van der Waals surface area contributed by atoms with Crippen LogP contribution in [0.15, 0.2) is 0 Å². The molecule has 0 rings (SSSR count). The average Bonchev–Trinajstić information content (AvgIpc) is 2.20. The maximum absolute atomic E-state index is 11.1. The Morgan fingerprint density at radius 2 is 1.80 bits per heavy atom. The van der Waals surface area contributed by atoms with Gasteiger partial charge in [0.25, 0.3) is 0 Å². The topological polar surface area (TPSA) is 87.0 Å². The first kappa shape index (κ1) is 14.7. The van der Waals surface area contributed by atoms with Gasteiger partial charge in [-0.15, -0.1) is 0 Å². The lowest BCUT2D eigenvalue weighted by Crippen LogP contribution is -2.39. The van der Waals surface area contributed by atoms with E-state index in [2.05, 4.69) is 12.6 Å². The molecule has 1 unspecified atom stereocenters. The van der Waals surface area contributed by atoms with E-state index in [9.17, 15) is 4.79 Å². The summed E-state index contributed by atoms with van der Waals surface area (Å²) >= 11 is 4.02. The van der Waals surface area contributed by atoms with Crippen LogP contribution in [0.5, 0.6) is 0 Å². The van der Waals surface area contributed by atoms with Crippen molar-refractivity contribution in [3.63, 3.8) is 0 Å². The number of hydrogen-bond acceptors (Lipinski definition) is 6.